The van der Waals surface area contributed by atoms with Crippen LogP contribution in [0.4, 0.5) is 0 Å². The van der Waals surface area contributed by atoms with Gasteiger partial charge in [-0.15, -0.1) is 0 Å². The summed E-state index contributed by atoms with van der Waals surface area (Å²) in [5.41, 5.74) is 3.71. The number of rotatable bonds is 2. The number of piperidine rings is 1. The standard InChI is InChI=1S/C19H20ClN3/c1-22-10-7-16(8-11-22)23-13-18(14-2-4-15(20)5-3-14)17-12-21-9-6-19(17)23/h2-6,9,12-13,16H,7-8,10-11H2,1H3. The van der Waals surface area contributed by atoms with Crippen molar-refractivity contribution in [3.8, 4) is 11.1 Å². The van der Waals surface area contributed by atoms with Gasteiger partial charge >= 0.3 is 0 Å². The molecule has 1 aromatic carbocycles. The highest BCUT2D eigenvalue weighted by Gasteiger charge is 2.21. The Hall–Kier alpha value is -1.84. The van der Waals surface area contributed by atoms with Crippen molar-refractivity contribution in [2.45, 2.75) is 18.9 Å². The third-order valence-electron chi connectivity index (χ3n) is 4.87. The Morgan fingerprint density at radius 2 is 1.83 bits per heavy atom. The van der Waals surface area contributed by atoms with Crippen molar-refractivity contribution >= 4 is 22.5 Å². The maximum absolute atomic E-state index is 6.04. The molecule has 0 amide bonds. The first-order chi connectivity index (χ1) is 11.2. The quantitative estimate of drug-likeness (QED) is 0.685. The molecule has 0 N–H and O–H groups in total. The van der Waals surface area contributed by atoms with Gasteiger partial charge in [0.05, 0.1) is 5.52 Å². The molecule has 0 unspecified atom stereocenters. The molecule has 0 atom stereocenters. The number of hydrogen-bond donors (Lipinski definition) is 0. The molecule has 0 spiro atoms. The number of pyridine rings is 1. The number of halogens is 1. The van der Waals surface area contributed by atoms with Crippen LogP contribution in [0, 0.1) is 0 Å². The second kappa shape index (κ2) is 5.99. The van der Waals surface area contributed by atoms with Gasteiger partial charge in [-0.05, 0) is 56.7 Å². The van der Waals surface area contributed by atoms with Crippen LogP contribution in [0.5, 0.6) is 0 Å². The minimum Gasteiger partial charge on any atom is -0.344 e. The Morgan fingerprint density at radius 3 is 2.57 bits per heavy atom. The lowest BCUT2D eigenvalue weighted by Gasteiger charge is -2.30. The Balaban J connectivity index is 1.81. The molecule has 1 aliphatic heterocycles. The lowest BCUT2D eigenvalue weighted by molar-refractivity contribution is 0.224. The number of hydrogen-bond acceptors (Lipinski definition) is 2. The van der Waals surface area contributed by atoms with Gasteiger partial charge in [0.15, 0.2) is 0 Å². The van der Waals surface area contributed by atoms with E-state index in [-0.39, 0.29) is 0 Å². The van der Waals surface area contributed by atoms with E-state index in [4.69, 9.17) is 11.6 Å². The van der Waals surface area contributed by atoms with E-state index < -0.39 is 0 Å². The van der Waals surface area contributed by atoms with E-state index in [0.717, 1.165) is 18.1 Å². The second-order valence-electron chi connectivity index (χ2n) is 6.38. The van der Waals surface area contributed by atoms with Gasteiger partial charge in [0.1, 0.15) is 0 Å². The van der Waals surface area contributed by atoms with Crippen LogP contribution >= 0.6 is 11.6 Å². The summed E-state index contributed by atoms with van der Waals surface area (Å²) in [5, 5.41) is 1.99. The average Bonchev–Trinajstić information content (AvgIpc) is 2.96. The maximum Gasteiger partial charge on any atom is 0.0520 e. The topological polar surface area (TPSA) is 21.1 Å². The molecule has 4 rings (SSSR count). The zero-order valence-corrected chi connectivity index (χ0v) is 14.0. The van der Waals surface area contributed by atoms with Crippen molar-refractivity contribution in [1.82, 2.24) is 14.5 Å². The molecule has 0 saturated carbocycles. The lowest BCUT2D eigenvalue weighted by atomic mass is 10.1. The van der Waals surface area contributed by atoms with E-state index in [2.05, 4.69) is 45.9 Å². The first kappa shape index (κ1) is 14.7. The monoisotopic (exact) mass is 325 g/mol. The summed E-state index contributed by atoms with van der Waals surface area (Å²) in [7, 11) is 2.20. The zero-order valence-electron chi connectivity index (χ0n) is 13.2. The molecule has 1 saturated heterocycles. The molecule has 118 valence electrons. The highest BCUT2D eigenvalue weighted by Crippen LogP contribution is 2.35. The van der Waals surface area contributed by atoms with Gasteiger partial charge < -0.3 is 9.47 Å². The van der Waals surface area contributed by atoms with Crippen LogP contribution in [-0.2, 0) is 0 Å². The van der Waals surface area contributed by atoms with Gasteiger partial charge in [0.2, 0.25) is 0 Å². The third-order valence-corrected chi connectivity index (χ3v) is 5.12. The summed E-state index contributed by atoms with van der Waals surface area (Å²) in [6.07, 6.45) is 8.56. The fourth-order valence-corrected chi connectivity index (χ4v) is 3.66. The normalized spacial score (nSPS) is 17.0. The van der Waals surface area contributed by atoms with Crippen LogP contribution in [0.1, 0.15) is 18.9 Å². The second-order valence-corrected chi connectivity index (χ2v) is 6.82. The Kier molecular flexibility index (Phi) is 3.83. The first-order valence-corrected chi connectivity index (χ1v) is 8.49. The highest BCUT2D eigenvalue weighted by molar-refractivity contribution is 6.30. The predicted octanol–water partition coefficient (Wildman–Crippen LogP) is 4.62. The van der Waals surface area contributed by atoms with Crippen molar-refractivity contribution in [3.05, 3.63) is 53.9 Å². The minimum absolute atomic E-state index is 0.567. The Morgan fingerprint density at radius 1 is 1.09 bits per heavy atom. The lowest BCUT2D eigenvalue weighted by Crippen LogP contribution is -2.31. The highest BCUT2D eigenvalue weighted by atomic mass is 35.5. The van der Waals surface area contributed by atoms with Crippen LogP contribution in [-0.4, -0.2) is 34.6 Å². The molecular weight excluding hydrogens is 306 g/mol. The van der Waals surface area contributed by atoms with Crippen LogP contribution in [0.25, 0.3) is 22.0 Å². The van der Waals surface area contributed by atoms with Crippen LogP contribution in [0.15, 0.2) is 48.9 Å². The van der Waals surface area contributed by atoms with Crippen molar-refractivity contribution < 1.29 is 0 Å². The molecular formula is C19H20ClN3. The van der Waals surface area contributed by atoms with E-state index in [9.17, 15) is 0 Å². The van der Waals surface area contributed by atoms with Crippen LogP contribution in [0.2, 0.25) is 5.02 Å². The molecule has 1 fully saturated rings. The van der Waals surface area contributed by atoms with Gasteiger partial charge in [-0.2, -0.15) is 0 Å². The fourth-order valence-electron chi connectivity index (χ4n) is 3.53. The smallest absolute Gasteiger partial charge is 0.0520 e. The predicted molar refractivity (Wildman–Crippen MR) is 95.9 cm³/mol. The van der Waals surface area contributed by atoms with Crippen molar-refractivity contribution in [2.24, 2.45) is 0 Å². The molecule has 0 aliphatic carbocycles. The molecule has 2 aromatic heterocycles. The van der Waals surface area contributed by atoms with Gasteiger partial charge in [-0.3, -0.25) is 4.98 Å². The summed E-state index contributed by atoms with van der Waals surface area (Å²) < 4.78 is 2.45. The van der Waals surface area contributed by atoms with Gasteiger partial charge in [0, 0.05) is 40.6 Å². The molecule has 1 aliphatic rings. The Bertz CT molecular complexity index is 814. The van der Waals surface area contributed by atoms with Crippen molar-refractivity contribution in [2.75, 3.05) is 20.1 Å². The van der Waals surface area contributed by atoms with Gasteiger partial charge in [-0.1, -0.05) is 23.7 Å². The molecule has 3 aromatic rings. The average molecular weight is 326 g/mol. The third kappa shape index (κ3) is 2.75. The Labute approximate surface area is 141 Å². The molecule has 0 radical (unpaired) electrons. The van der Waals surface area contributed by atoms with Crippen molar-refractivity contribution in [3.63, 3.8) is 0 Å². The number of aromatic nitrogens is 2. The van der Waals surface area contributed by atoms with E-state index in [0.29, 0.717) is 6.04 Å². The van der Waals surface area contributed by atoms with E-state index in [1.807, 2.05) is 24.5 Å². The number of benzene rings is 1. The van der Waals surface area contributed by atoms with Crippen LogP contribution in [0.3, 0.4) is 0 Å². The largest absolute Gasteiger partial charge is 0.344 e. The first-order valence-electron chi connectivity index (χ1n) is 8.11. The van der Waals surface area contributed by atoms with Gasteiger partial charge in [-0.25, -0.2) is 0 Å². The van der Waals surface area contributed by atoms with E-state index >= 15 is 0 Å². The maximum atomic E-state index is 6.04. The van der Waals surface area contributed by atoms with Crippen LogP contribution < -0.4 is 0 Å². The molecule has 3 heterocycles. The summed E-state index contributed by atoms with van der Waals surface area (Å²) in [6, 6.07) is 10.8. The molecule has 0 bridgehead atoms. The fraction of sp³-hybridized carbons (Fsp3) is 0.316. The molecule has 4 heteroatoms. The van der Waals surface area contributed by atoms with E-state index in [1.54, 1.807) is 0 Å². The minimum atomic E-state index is 0.567. The molecule has 23 heavy (non-hydrogen) atoms. The number of likely N-dealkylation sites (tertiary alicyclic amines) is 1. The van der Waals surface area contributed by atoms with Crippen molar-refractivity contribution in [1.29, 1.82) is 0 Å². The molecule has 3 nitrogen and oxygen atoms in total. The summed E-state index contributed by atoms with van der Waals surface area (Å²) in [4.78, 5) is 6.75. The van der Waals surface area contributed by atoms with E-state index in [1.165, 1.54) is 34.9 Å². The summed E-state index contributed by atoms with van der Waals surface area (Å²) in [5.74, 6) is 0. The SMILES string of the molecule is CN1CCC(n2cc(-c3ccc(Cl)cc3)c3cnccc32)CC1. The number of nitrogens with zero attached hydrogens (tertiary/aromatic N) is 3. The number of fused-ring (bicyclic) bond motifs is 1. The zero-order chi connectivity index (χ0) is 15.8. The summed E-state index contributed by atoms with van der Waals surface area (Å²) >= 11 is 6.04. The van der Waals surface area contributed by atoms with Gasteiger partial charge in [0.25, 0.3) is 0 Å². The summed E-state index contributed by atoms with van der Waals surface area (Å²) in [6.45, 7) is 2.32.